The molecular weight excluding hydrogens is 202 g/mol. The molecule has 0 radical (unpaired) electrons. The van der Waals surface area contributed by atoms with Crippen molar-refractivity contribution in [3.05, 3.63) is 24.3 Å². The molecule has 0 fully saturated rings. The van der Waals surface area contributed by atoms with E-state index >= 15 is 0 Å². The van der Waals surface area contributed by atoms with Crippen molar-refractivity contribution in [2.24, 2.45) is 5.73 Å². The molecule has 2 rings (SSSR count). The molecule has 1 amide bonds. The Hall–Kier alpha value is -1.71. The zero-order chi connectivity index (χ0) is 11.8. The number of anilines is 2. The highest BCUT2D eigenvalue weighted by Gasteiger charge is 2.29. The number of nitrogens with one attached hydrogen (secondary N) is 1. The number of carbonyl (C=O) groups is 1. The van der Waals surface area contributed by atoms with Crippen molar-refractivity contribution >= 4 is 17.3 Å². The van der Waals surface area contributed by atoms with Crippen LogP contribution in [0, 0.1) is 0 Å². The number of primary amides is 1. The van der Waals surface area contributed by atoms with Crippen molar-refractivity contribution < 1.29 is 4.79 Å². The molecule has 0 saturated carbocycles. The number of carbonyl (C=O) groups excluding carboxylic acids is 1. The molecule has 0 bridgehead atoms. The minimum atomic E-state index is -0.299. The normalized spacial score (nSPS) is 17.5. The van der Waals surface area contributed by atoms with E-state index in [-0.39, 0.29) is 18.0 Å². The second-order valence-corrected chi connectivity index (χ2v) is 4.85. The quantitative estimate of drug-likeness (QED) is 0.785. The number of hydrogen-bond acceptors (Lipinski definition) is 3. The summed E-state index contributed by atoms with van der Waals surface area (Å²) in [6.45, 7) is 5.25. The van der Waals surface area contributed by atoms with Crippen molar-refractivity contribution in [3.8, 4) is 0 Å². The van der Waals surface area contributed by atoms with Gasteiger partial charge in [-0.15, -0.1) is 0 Å². The monoisotopic (exact) mass is 219 g/mol. The first kappa shape index (κ1) is 10.8. The Morgan fingerprint density at radius 1 is 1.50 bits per heavy atom. The van der Waals surface area contributed by atoms with Gasteiger partial charge in [0, 0.05) is 12.1 Å². The predicted octanol–water partition coefficient (Wildman–Crippen LogP) is 1.18. The van der Waals surface area contributed by atoms with E-state index in [1.807, 2.05) is 29.2 Å². The summed E-state index contributed by atoms with van der Waals surface area (Å²) in [5, 5.41) is 3.45. The molecule has 0 aliphatic carbocycles. The fraction of sp³-hybridized carbons (Fsp3) is 0.417. The Morgan fingerprint density at radius 3 is 2.88 bits per heavy atom. The van der Waals surface area contributed by atoms with Gasteiger partial charge in [-0.25, -0.2) is 0 Å². The van der Waals surface area contributed by atoms with Gasteiger partial charge in [-0.05, 0) is 26.0 Å². The van der Waals surface area contributed by atoms with Crippen molar-refractivity contribution in [1.82, 2.24) is 0 Å². The maximum Gasteiger partial charge on any atom is 0.236 e. The van der Waals surface area contributed by atoms with Crippen molar-refractivity contribution in [2.75, 3.05) is 23.3 Å². The average Bonchev–Trinajstić information content (AvgIpc) is 2.14. The van der Waals surface area contributed by atoms with Crippen LogP contribution < -0.4 is 16.0 Å². The summed E-state index contributed by atoms with van der Waals surface area (Å²) in [6.07, 6.45) is 0. The third kappa shape index (κ3) is 2.10. The fourth-order valence-corrected chi connectivity index (χ4v) is 2.15. The van der Waals surface area contributed by atoms with Crippen LogP contribution in [-0.2, 0) is 4.79 Å². The smallest absolute Gasteiger partial charge is 0.236 e. The van der Waals surface area contributed by atoms with Crippen molar-refractivity contribution in [2.45, 2.75) is 19.4 Å². The number of para-hydroxylation sites is 2. The Balaban J connectivity index is 2.35. The van der Waals surface area contributed by atoms with Gasteiger partial charge in [-0.3, -0.25) is 4.79 Å². The molecule has 3 N–H and O–H groups in total. The van der Waals surface area contributed by atoms with Gasteiger partial charge in [0.2, 0.25) is 5.91 Å². The SMILES string of the molecule is CC1(C)CN(CC(N)=O)c2ccccc2N1. The van der Waals surface area contributed by atoms with E-state index in [4.69, 9.17) is 5.73 Å². The maximum absolute atomic E-state index is 11.0. The second kappa shape index (κ2) is 3.70. The van der Waals surface area contributed by atoms with Gasteiger partial charge in [-0.1, -0.05) is 12.1 Å². The summed E-state index contributed by atoms with van der Waals surface area (Å²) in [4.78, 5) is 13.1. The Kier molecular flexibility index (Phi) is 2.50. The summed E-state index contributed by atoms with van der Waals surface area (Å²) in [5.41, 5.74) is 7.31. The minimum Gasteiger partial charge on any atom is -0.377 e. The molecule has 1 aromatic carbocycles. The number of hydrogen-bond donors (Lipinski definition) is 2. The standard InChI is InChI=1S/C12H17N3O/c1-12(2)8-15(7-11(13)16)10-6-4-3-5-9(10)14-12/h3-6,14H,7-8H2,1-2H3,(H2,13,16). The van der Waals surface area contributed by atoms with E-state index in [0.717, 1.165) is 17.9 Å². The average molecular weight is 219 g/mol. The molecule has 4 heteroatoms. The van der Waals surface area contributed by atoms with Crippen LogP contribution in [0.15, 0.2) is 24.3 Å². The highest BCUT2D eigenvalue weighted by atomic mass is 16.1. The predicted molar refractivity (Wildman–Crippen MR) is 65.6 cm³/mol. The number of benzene rings is 1. The molecule has 4 nitrogen and oxygen atoms in total. The van der Waals surface area contributed by atoms with Crippen LogP contribution in [-0.4, -0.2) is 24.5 Å². The molecule has 1 aromatic rings. The van der Waals surface area contributed by atoms with E-state index in [2.05, 4.69) is 19.2 Å². The maximum atomic E-state index is 11.0. The van der Waals surface area contributed by atoms with Gasteiger partial charge < -0.3 is 16.0 Å². The highest BCUT2D eigenvalue weighted by molar-refractivity contribution is 5.83. The first-order valence-electron chi connectivity index (χ1n) is 5.38. The van der Waals surface area contributed by atoms with Crippen LogP contribution in [0.1, 0.15) is 13.8 Å². The number of nitrogens with zero attached hydrogens (tertiary/aromatic N) is 1. The van der Waals surface area contributed by atoms with Gasteiger partial charge in [0.05, 0.1) is 17.9 Å². The van der Waals surface area contributed by atoms with Gasteiger partial charge in [0.1, 0.15) is 0 Å². The molecular formula is C12H17N3O. The summed E-state index contributed by atoms with van der Waals surface area (Å²) < 4.78 is 0. The van der Waals surface area contributed by atoms with E-state index in [0.29, 0.717) is 0 Å². The van der Waals surface area contributed by atoms with E-state index < -0.39 is 0 Å². The van der Waals surface area contributed by atoms with Crippen LogP contribution in [0.3, 0.4) is 0 Å². The fourth-order valence-electron chi connectivity index (χ4n) is 2.15. The first-order valence-corrected chi connectivity index (χ1v) is 5.38. The van der Waals surface area contributed by atoms with Gasteiger partial charge in [0.25, 0.3) is 0 Å². The van der Waals surface area contributed by atoms with Crippen molar-refractivity contribution in [1.29, 1.82) is 0 Å². The topological polar surface area (TPSA) is 58.4 Å². The van der Waals surface area contributed by atoms with E-state index in [1.54, 1.807) is 0 Å². The molecule has 0 atom stereocenters. The summed E-state index contributed by atoms with van der Waals surface area (Å²) in [6, 6.07) is 7.97. The molecule has 1 aliphatic rings. The molecule has 0 saturated heterocycles. The lowest BCUT2D eigenvalue weighted by molar-refractivity contribution is -0.116. The zero-order valence-corrected chi connectivity index (χ0v) is 9.66. The largest absolute Gasteiger partial charge is 0.377 e. The first-order chi connectivity index (χ1) is 7.48. The van der Waals surface area contributed by atoms with E-state index in [1.165, 1.54) is 0 Å². The van der Waals surface area contributed by atoms with E-state index in [9.17, 15) is 4.79 Å². The number of amides is 1. The molecule has 0 spiro atoms. The molecule has 1 heterocycles. The Bertz CT molecular complexity index is 414. The lowest BCUT2D eigenvalue weighted by atomic mass is 9.99. The van der Waals surface area contributed by atoms with Gasteiger partial charge >= 0.3 is 0 Å². The number of fused-ring (bicyclic) bond motifs is 1. The molecule has 1 aliphatic heterocycles. The van der Waals surface area contributed by atoms with Crippen LogP contribution >= 0.6 is 0 Å². The molecule has 16 heavy (non-hydrogen) atoms. The minimum absolute atomic E-state index is 0.0518. The second-order valence-electron chi connectivity index (χ2n) is 4.85. The Labute approximate surface area is 95.4 Å². The highest BCUT2D eigenvalue weighted by Crippen LogP contribution is 2.33. The lowest BCUT2D eigenvalue weighted by Gasteiger charge is -2.41. The van der Waals surface area contributed by atoms with Crippen molar-refractivity contribution in [3.63, 3.8) is 0 Å². The molecule has 0 unspecified atom stereocenters. The number of rotatable bonds is 2. The number of nitrogens with two attached hydrogens (primary N) is 1. The van der Waals surface area contributed by atoms with Gasteiger partial charge in [-0.2, -0.15) is 0 Å². The summed E-state index contributed by atoms with van der Waals surface area (Å²) in [7, 11) is 0. The van der Waals surface area contributed by atoms with Crippen LogP contribution in [0.25, 0.3) is 0 Å². The van der Waals surface area contributed by atoms with Gasteiger partial charge in [0.15, 0.2) is 0 Å². The Morgan fingerprint density at radius 2 is 2.19 bits per heavy atom. The summed E-state index contributed by atoms with van der Waals surface area (Å²) >= 11 is 0. The summed E-state index contributed by atoms with van der Waals surface area (Å²) in [5.74, 6) is -0.299. The third-order valence-corrected chi connectivity index (χ3v) is 2.65. The van der Waals surface area contributed by atoms with Crippen LogP contribution in [0.4, 0.5) is 11.4 Å². The van der Waals surface area contributed by atoms with Crippen LogP contribution in [0.5, 0.6) is 0 Å². The zero-order valence-electron chi connectivity index (χ0n) is 9.66. The molecule has 0 aromatic heterocycles. The van der Waals surface area contributed by atoms with Crippen LogP contribution in [0.2, 0.25) is 0 Å². The molecule has 86 valence electrons. The lowest BCUT2D eigenvalue weighted by Crippen LogP contribution is -2.50. The third-order valence-electron chi connectivity index (χ3n) is 2.65.